The number of hydrogen-bond donors (Lipinski definition) is 2. The highest BCUT2D eigenvalue weighted by atomic mass is 15.2. The van der Waals surface area contributed by atoms with Gasteiger partial charge in [-0.3, -0.25) is 5.10 Å². The molecule has 0 saturated heterocycles. The summed E-state index contributed by atoms with van der Waals surface area (Å²) in [5.41, 5.74) is 1.60. The number of H-pyrrole nitrogens is 1. The fourth-order valence-corrected chi connectivity index (χ4v) is 1.38. The normalized spacial score (nSPS) is 9.69. The van der Waals surface area contributed by atoms with Crippen molar-refractivity contribution in [1.82, 2.24) is 15.2 Å². The van der Waals surface area contributed by atoms with E-state index in [9.17, 15) is 0 Å². The molecule has 80 valence electrons. The minimum Gasteiger partial charge on any atom is -0.385 e. The molecule has 0 unspecified atom stereocenters. The van der Waals surface area contributed by atoms with Gasteiger partial charge in [0.1, 0.15) is 12.2 Å². The van der Waals surface area contributed by atoms with Crippen LogP contribution in [-0.4, -0.2) is 21.7 Å². The van der Waals surface area contributed by atoms with Gasteiger partial charge in [-0.15, -0.1) is 0 Å². The number of nitrogens with one attached hydrogen (secondary N) is 2. The molecular formula is C11H11N5. The minimum absolute atomic E-state index is 0.657. The molecule has 2 rings (SSSR count). The Morgan fingerprint density at radius 2 is 2.38 bits per heavy atom. The van der Waals surface area contributed by atoms with Gasteiger partial charge in [-0.1, -0.05) is 6.07 Å². The van der Waals surface area contributed by atoms with Crippen LogP contribution < -0.4 is 5.32 Å². The topological polar surface area (TPSA) is 77.4 Å². The van der Waals surface area contributed by atoms with E-state index in [-0.39, 0.29) is 0 Å². The lowest BCUT2D eigenvalue weighted by molar-refractivity contribution is 0.901. The Labute approximate surface area is 93.1 Å². The molecule has 0 radical (unpaired) electrons. The van der Waals surface area contributed by atoms with Gasteiger partial charge in [-0.25, -0.2) is 4.98 Å². The SMILES string of the molecule is N#Cc1cccc(NCCc2ncn[nH]2)c1. The van der Waals surface area contributed by atoms with Gasteiger partial charge in [0.15, 0.2) is 0 Å². The van der Waals surface area contributed by atoms with Crippen LogP contribution in [0.15, 0.2) is 30.6 Å². The van der Waals surface area contributed by atoms with E-state index in [0.717, 1.165) is 24.5 Å². The molecule has 5 nitrogen and oxygen atoms in total. The number of benzene rings is 1. The van der Waals surface area contributed by atoms with Gasteiger partial charge in [0.25, 0.3) is 0 Å². The fraction of sp³-hybridized carbons (Fsp3) is 0.182. The smallest absolute Gasteiger partial charge is 0.137 e. The van der Waals surface area contributed by atoms with Crippen molar-refractivity contribution in [2.75, 3.05) is 11.9 Å². The highest BCUT2D eigenvalue weighted by molar-refractivity contribution is 5.49. The van der Waals surface area contributed by atoms with Gasteiger partial charge in [0.05, 0.1) is 11.6 Å². The molecule has 16 heavy (non-hydrogen) atoms. The van der Waals surface area contributed by atoms with Crippen LogP contribution in [0.25, 0.3) is 0 Å². The Morgan fingerprint density at radius 3 is 3.12 bits per heavy atom. The highest BCUT2D eigenvalue weighted by Crippen LogP contribution is 2.09. The Hall–Kier alpha value is -2.35. The van der Waals surface area contributed by atoms with Gasteiger partial charge in [0.2, 0.25) is 0 Å². The van der Waals surface area contributed by atoms with Gasteiger partial charge in [0, 0.05) is 18.7 Å². The van der Waals surface area contributed by atoms with Crippen LogP contribution in [0.1, 0.15) is 11.4 Å². The maximum absolute atomic E-state index is 8.74. The van der Waals surface area contributed by atoms with Gasteiger partial charge in [-0.2, -0.15) is 10.4 Å². The largest absolute Gasteiger partial charge is 0.385 e. The Balaban J connectivity index is 1.88. The second-order valence-electron chi connectivity index (χ2n) is 3.30. The first-order chi connectivity index (χ1) is 7.88. The summed E-state index contributed by atoms with van der Waals surface area (Å²) in [6.07, 6.45) is 2.27. The first kappa shape index (κ1) is 10.2. The van der Waals surface area contributed by atoms with Crippen LogP contribution in [0.4, 0.5) is 5.69 Å². The molecule has 1 heterocycles. The second kappa shape index (κ2) is 4.94. The number of anilines is 1. The molecule has 0 aliphatic carbocycles. The van der Waals surface area contributed by atoms with Crippen molar-refractivity contribution < 1.29 is 0 Å². The van der Waals surface area contributed by atoms with E-state index >= 15 is 0 Å². The van der Waals surface area contributed by atoms with Crippen molar-refractivity contribution in [2.45, 2.75) is 6.42 Å². The maximum atomic E-state index is 8.74. The zero-order valence-electron chi connectivity index (χ0n) is 8.64. The molecule has 1 aromatic heterocycles. The van der Waals surface area contributed by atoms with Crippen LogP contribution >= 0.6 is 0 Å². The summed E-state index contributed by atoms with van der Waals surface area (Å²) >= 11 is 0. The van der Waals surface area contributed by atoms with Crippen molar-refractivity contribution in [3.05, 3.63) is 42.0 Å². The quantitative estimate of drug-likeness (QED) is 0.803. The molecule has 0 bridgehead atoms. The molecule has 0 atom stereocenters. The van der Waals surface area contributed by atoms with E-state index in [2.05, 4.69) is 26.6 Å². The van der Waals surface area contributed by atoms with Crippen LogP contribution in [0.2, 0.25) is 0 Å². The molecular weight excluding hydrogens is 202 g/mol. The summed E-state index contributed by atoms with van der Waals surface area (Å²) in [5, 5.41) is 18.5. The summed E-state index contributed by atoms with van der Waals surface area (Å²) in [5.74, 6) is 0.851. The number of rotatable bonds is 4. The van der Waals surface area contributed by atoms with Crippen molar-refractivity contribution in [2.24, 2.45) is 0 Å². The summed E-state index contributed by atoms with van der Waals surface area (Å²) in [4.78, 5) is 4.02. The van der Waals surface area contributed by atoms with Gasteiger partial charge >= 0.3 is 0 Å². The van der Waals surface area contributed by atoms with Crippen molar-refractivity contribution in [3.8, 4) is 6.07 Å². The summed E-state index contributed by atoms with van der Waals surface area (Å²) in [7, 11) is 0. The predicted octanol–water partition coefficient (Wildman–Crippen LogP) is 1.33. The Kier molecular flexibility index (Phi) is 3.14. The van der Waals surface area contributed by atoms with E-state index in [1.54, 1.807) is 6.07 Å². The summed E-state index contributed by atoms with van der Waals surface area (Å²) < 4.78 is 0. The standard InChI is InChI=1S/C11H11N5/c12-7-9-2-1-3-10(6-9)13-5-4-11-14-8-15-16-11/h1-3,6,8,13H,4-5H2,(H,14,15,16). The molecule has 0 fully saturated rings. The molecule has 0 aliphatic rings. The molecule has 0 aliphatic heterocycles. The summed E-state index contributed by atoms with van der Waals surface area (Å²) in [6.45, 7) is 0.754. The predicted molar refractivity (Wildman–Crippen MR) is 59.7 cm³/mol. The Morgan fingerprint density at radius 1 is 1.44 bits per heavy atom. The van der Waals surface area contributed by atoms with Crippen molar-refractivity contribution >= 4 is 5.69 Å². The second-order valence-corrected chi connectivity index (χ2v) is 3.30. The molecule has 5 heteroatoms. The van der Waals surface area contributed by atoms with E-state index in [1.165, 1.54) is 6.33 Å². The number of hydrogen-bond acceptors (Lipinski definition) is 4. The number of aromatic amines is 1. The van der Waals surface area contributed by atoms with Crippen LogP contribution in [-0.2, 0) is 6.42 Å². The van der Waals surface area contributed by atoms with Gasteiger partial charge < -0.3 is 5.32 Å². The van der Waals surface area contributed by atoms with Gasteiger partial charge in [-0.05, 0) is 18.2 Å². The van der Waals surface area contributed by atoms with E-state index in [1.807, 2.05) is 18.2 Å². The Bertz CT molecular complexity index is 483. The zero-order chi connectivity index (χ0) is 11.2. The number of nitriles is 1. The van der Waals surface area contributed by atoms with Crippen LogP contribution in [0, 0.1) is 11.3 Å². The molecule has 2 N–H and O–H groups in total. The monoisotopic (exact) mass is 213 g/mol. The molecule has 0 spiro atoms. The first-order valence-electron chi connectivity index (χ1n) is 4.97. The van der Waals surface area contributed by atoms with Crippen LogP contribution in [0.5, 0.6) is 0 Å². The minimum atomic E-state index is 0.657. The molecule has 0 saturated carbocycles. The third-order valence-electron chi connectivity index (χ3n) is 2.15. The maximum Gasteiger partial charge on any atom is 0.137 e. The van der Waals surface area contributed by atoms with Crippen molar-refractivity contribution in [1.29, 1.82) is 5.26 Å². The fourth-order valence-electron chi connectivity index (χ4n) is 1.38. The lowest BCUT2D eigenvalue weighted by Gasteiger charge is -2.04. The number of aromatic nitrogens is 3. The lowest BCUT2D eigenvalue weighted by Crippen LogP contribution is -2.06. The van der Waals surface area contributed by atoms with E-state index in [0.29, 0.717) is 5.56 Å². The third-order valence-corrected chi connectivity index (χ3v) is 2.15. The zero-order valence-corrected chi connectivity index (χ0v) is 8.64. The van der Waals surface area contributed by atoms with E-state index < -0.39 is 0 Å². The lowest BCUT2D eigenvalue weighted by atomic mass is 10.2. The van der Waals surface area contributed by atoms with Crippen molar-refractivity contribution in [3.63, 3.8) is 0 Å². The average Bonchev–Trinajstić information content (AvgIpc) is 2.82. The molecule has 1 aromatic carbocycles. The van der Waals surface area contributed by atoms with E-state index in [4.69, 9.17) is 5.26 Å². The highest BCUT2D eigenvalue weighted by Gasteiger charge is 1.97. The number of nitrogens with zero attached hydrogens (tertiary/aromatic N) is 3. The summed E-state index contributed by atoms with van der Waals surface area (Å²) in [6, 6.07) is 9.49. The third kappa shape index (κ3) is 2.58. The molecule has 2 aromatic rings. The first-order valence-corrected chi connectivity index (χ1v) is 4.97. The van der Waals surface area contributed by atoms with Crippen LogP contribution in [0.3, 0.4) is 0 Å². The molecule has 0 amide bonds. The average molecular weight is 213 g/mol.